The maximum absolute atomic E-state index is 12.1. The molecule has 1 heterocycles. The van der Waals surface area contributed by atoms with E-state index in [2.05, 4.69) is 29.1 Å². The summed E-state index contributed by atoms with van der Waals surface area (Å²) in [6, 6.07) is 1.66. The standard InChI is InChI=1S/C16H23N3O2/c1-2-3-11-21-12-5-9-19-16(20)15-7-10-18-13-14(15)6-4-8-17/h7,10,13H,2-3,5,8-9,11-12,17H2,1H3,(H,19,20). The van der Waals surface area contributed by atoms with Crippen LogP contribution in [0.15, 0.2) is 18.5 Å². The van der Waals surface area contributed by atoms with Crippen LogP contribution in [0.3, 0.4) is 0 Å². The number of hydrogen-bond acceptors (Lipinski definition) is 4. The van der Waals surface area contributed by atoms with E-state index >= 15 is 0 Å². The molecule has 5 heteroatoms. The molecule has 0 spiro atoms. The van der Waals surface area contributed by atoms with Crippen molar-refractivity contribution in [2.24, 2.45) is 5.73 Å². The molecule has 1 amide bonds. The third-order valence-electron chi connectivity index (χ3n) is 2.78. The molecule has 1 aromatic rings. The number of rotatable bonds is 8. The van der Waals surface area contributed by atoms with Gasteiger partial charge in [-0.25, -0.2) is 0 Å². The average Bonchev–Trinajstić information content (AvgIpc) is 2.52. The van der Waals surface area contributed by atoms with E-state index in [9.17, 15) is 4.79 Å². The summed E-state index contributed by atoms with van der Waals surface area (Å²) < 4.78 is 5.44. The molecule has 0 saturated carbocycles. The molecule has 21 heavy (non-hydrogen) atoms. The minimum absolute atomic E-state index is 0.146. The fraction of sp³-hybridized carbons (Fsp3) is 0.500. The third-order valence-corrected chi connectivity index (χ3v) is 2.78. The van der Waals surface area contributed by atoms with E-state index in [4.69, 9.17) is 10.5 Å². The second kappa shape index (κ2) is 10.8. The summed E-state index contributed by atoms with van der Waals surface area (Å²) in [5, 5.41) is 2.86. The highest BCUT2D eigenvalue weighted by molar-refractivity contribution is 5.96. The lowest BCUT2D eigenvalue weighted by molar-refractivity contribution is 0.0940. The van der Waals surface area contributed by atoms with Crippen LogP contribution in [-0.2, 0) is 4.74 Å². The van der Waals surface area contributed by atoms with E-state index < -0.39 is 0 Å². The Bertz CT molecular complexity index is 492. The van der Waals surface area contributed by atoms with E-state index in [0.717, 1.165) is 25.9 Å². The molecule has 1 aromatic heterocycles. The highest BCUT2D eigenvalue weighted by Crippen LogP contribution is 2.05. The van der Waals surface area contributed by atoms with Gasteiger partial charge in [-0.1, -0.05) is 25.2 Å². The van der Waals surface area contributed by atoms with Crippen molar-refractivity contribution in [3.05, 3.63) is 29.6 Å². The van der Waals surface area contributed by atoms with E-state index in [1.165, 1.54) is 0 Å². The van der Waals surface area contributed by atoms with Gasteiger partial charge in [0.05, 0.1) is 17.7 Å². The first-order chi connectivity index (χ1) is 10.3. The topological polar surface area (TPSA) is 77.2 Å². The molecular weight excluding hydrogens is 266 g/mol. The van der Waals surface area contributed by atoms with Gasteiger partial charge in [-0.05, 0) is 18.9 Å². The average molecular weight is 289 g/mol. The van der Waals surface area contributed by atoms with Crippen LogP contribution in [0, 0.1) is 11.8 Å². The number of unbranched alkanes of at least 4 members (excludes halogenated alkanes) is 1. The van der Waals surface area contributed by atoms with Crippen molar-refractivity contribution in [1.82, 2.24) is 10.3 Å². The first-order valence-electron chi connectivity index (χ1n) is 7.28. The van der Waals surface area contributed by atoms with Crippen LogP contribution < -0.4 is 11.1 Å². The summed E-state index contributed by atoms with van der Waals surface area (Å²) in [6.45, 7) is 4.41. The van der Waals surface area contributed by atoms with Crippen molar-refractivity contribution in [3.63, 3.8) is 0 Å². The van der Waals surface area contributed by atoms with Gasteiger partial charge in [0.2, 0.25) is 0 Å². The van der Waals surface area contributed by atoms with Crippen LogP contribution in [-0.4, -0.2) is 37.2 Å². The Kier molecular flexibility index (Phi) is 8.85. The molecule has 114 valence electrons. The SMILES string of the molecule is CCCCOCCCNC(=O)c1ccncc1C#CCN. The van der Waals surface area contributed by atoms with Crippen molar-refractivity contribution < 1.29 is 9.53 Å². The van der Waals surface area contributed by atoms with Crippen LogP contribution in [0.25, 0.3) is 0 Å². The quantitative estimate of drug-likeness (QED) is 0.559. The zero-order chi connectivity index (χ0) is 15.3. The zero-order valence-corrected chi connectivity index (χ0v) is 12.5. The molecule has 0 bridgehead atoms. The monoisotopic (exact) mass is 289 g/mol. The van der Waals surface area contributed by atoms with Crippen LogP contribution >= 0.6 is 0 Å². The van der Waals surface area contributed by atoms with Crippen LogP contribution in [0.4, 0.5) is 0 Å². The van der Waals surface area contributed by atoms with Gasteiger partial charge < -0.3 is 15.8 Å². The Morgan fingerprint density at radius 3 is 3.00 bits per heavy atom. The number of nitrogens with two attached hydrogens (primary N) is 1. The minimum Gasteiger partial charge on any atom is -0.381 e. The number of nitrogens with zero attached hydrogens (tertiary/aromatic N) is 1. The Morgan fingerprint density at radius 1 is 1.43 bits per heavy atom. The summed E-state index contributed by atoms with van der Waals surface area (Å²) in [5.74, 6) is 5.44. The van der Waals surface area contributed by atoms with E-state index in [-0.39, 0.29) is 12.5 Å². The van der Waals surface area contributed by atoms with Gasteiger partial charge in [0.15, 0.2) is 0 Å². The molecule has 0 aliphatic heterocycles. The van der Waals surface area contributed by atoms with Gasteiger partial charge in [0.25, 0.3) is 5.91 Å². The number of hydrogen-bond donors (Lipinski definition) is 2. The minimum atomic E-state index is -0.146. The molecule has 0 radical (unpaired) electrons. The molecule has 0 aliphatic carbocycles. The van der Waals surface area contributed by atoms with Crippen molar-refractivity contribution in [1.29, 1.82) is 0 Å². The fourth-order valence-electron chi connectivity index (χ4n) is 1.66. The number of aromatic nitrogens is 1. The third kappa shape index (κ3) is 6.89. The highest BCUT2D eigenvalue weighted by atomic mass is 16.5. The van der Waals surface area contributed by atoms with Crippen LogP contribution in [0.2, 0.25) is 0 Å². The number of carbonyl (C=O) groups is 1. The number of amides is 1. The summed E-state index contributed by atoms with van der Waals surface area (Å²) in [5.41, 5.74) is 6.46. The van der Waals surface area contributed by atoms with Crippen molar-refractivity contribution in [2.75, 3.05) is 26.3 Å². The van der Waals surface area contributed by atoms with Crippen molar-refractivity contribution in [2.45, 2.75) is 26.2 Å². The fourth-order valence-corrected chi connectivity index (χ4v) is 1.66. The molecule has 1 rings (SSSR count). The molecule has 0 aromatic carbocycles. The molecule has 3 N–H and O–H groups in total. The van der Waals surface area contributed by atoms with Gasteiger partial charge in [-0.2, -0.15) is 0 Å². The molecule has 0 atom stereocenters. The highest BCUT2D eigenvalue weighted by Gasteiger charge is 2.09. The Balaban J connectivity index is 2.38. The lowest BCUT2D eigenvalue weighted by atomic mass is 10.1. The van der Waals surface area contributed by atoms with E-state index in [1.54, 1.807) is 18.5 Å². The molecule has 5 nitrogen and oxygen atoms in total. The summed E-state index contributed by atoms with van der Waals surface area (Å²) in [7, 11) is 0. The zero-order valence-electron chi connectivity index (χ0n) is 12.5. The van der Waals surface area contributed by atoms with Gasteiger partial charge in [-0.15, -0.1) is 0 Å². The van der Waals surface area contributed by atoms with Crippen LogP contribution in [0.5, 0.6) is 0 Å². The van der Waals surface area contributed by atoms with Gasteiger partial charge in [0.1, 0.15) is 0 Å². The maximum Gasteiger partial charge on any atom is 0.252 e. The second-order valence-electron chi connectivity index (χ2n) is 4.50. The van der Waals surface area contributed by atoms with Gasteiger partial charge in [-0.3, -0.25) is 9.78 Å². The maximum atomic E-state index is 12.1. The lowest BCUT2D eigenvalue weighted by Crippen LogP contribution is -2.26. The van der Waals surface area contributed by atoms with E-state index in [1.807, 2.05) is 0 Å². The van der Waals surface area contributed by atoms with Crippen molar-refractivity contribution in [3.8, 4) is 11.8 Å². The first kappa shape index (κ1) is 17.2. The first-order valence-corrected chi connectivity index (χ1v) is 7.28. The number of carbonyl (C=O) groups excluding carboxylic acids is 1. The molecule has 0 saturated heterocycles. The Labute approximate surface area is 126 Å². The largest absolute Gasteiger partial charge is 0.381 e. The Hall–Kier alpha value is -1.90. The molecular formula is C16H23N3O2. The Morgan fingerprint density at radius 2 is 2.24 bits per heavy atom. The summed E-state index contributed by atoms with van der Waals surface area (Å²) in [6.07, 6.45) is 6.16. The summed E-state index contributed by atoms with van der Waals surface area (Å²) in [4.78, 5) is 16.1. The number of ether oxygens (including phenoxy) is 1. The van der Waals surface area contributed by atoms with Crippen molar-refractivity contribution >= 4 is 5.91 Å². The molecule has 0 unspecified atom stereocenters. The predicted molar refractivity (Wildman–Crippen MR) is 82.8 cm³/mol. The predicted octanol–water partition coefficient (Wildman–Crippen LogP) is 1.33. The second-order valence-corrected chi connectivity index (χ2v) is 4.50. The lowest BCUT2D eigenvalue weighted by Gasteiger charge is -2.07. The molecule has 0 fully saturated rings. The smallest absolute Gasteiger partial charge is 0.252 e. The van der Waals surface area contributed by atoms with E-state index in [0.29, 0.717) is 24.3 Å². The van der Waals surface area contributed by atoms with Gasteiger partial charge >= 0.3 is 0 Å². The number of nitrogens with one attached hydrogen (secondary N) is 1. The van der Waals surface area contributed by atoms with Crippen LogP contribution in [0.1, 0.15) is 42.1 Å². The number of pyridine rings is 1. The molecule has 0 aliphatic rings. The summed E-state index contributed by atoms with van der Waals surface area (Å²) >= 11 is 0. The normalized spacial score (nSPS) is 9.81. The van der Waals surface area contributed by atoms with Gasteiger partial charge in [0, 0.05) is 32.2 Å².